The molecule has 0 fully saturated rings. The van der Waals surface area contributed by atoms with Crippen LogP contribution in [0.4, 0.5) is 0 Å². The first-order valence-electron chi connectivity index (χ1n) is 5.40. The molecule has 0 N–H and O–H groups in total. The van der Waals surface area contributed by atoms with Crippen LogP contribution in [0.25, 0.3) is 0 Å². The van der Waals surface area contributed by atoms with Crippen LogP contribution >= 0.6 is 0 Å². The third-order valence-electron chi connectivity index (χ3n) is 2.26. The van der Waals surface area contributed by atoms with Crippen molar-refractivity contribution in [3.8, 4) is 0 Å². The first-order valence-corrected chi connectivity index (χ1v) is 5.40. The number of rotatable bonds is 5. The topological polar surface area (TPSA) is 17.1 Å². The van der Waals surface area contributed by atoms with E-state index < -0.39 is 0 Å². The van der Waals surface area contributed by atoms with Gasteiger partial charge in [-0.1, -0.05) is 38.5 Å². The van der Waals surface area contributed by atoms with Crippen molar-refractivity contribution >= 4 is 5.78 Å². The lowest BCUT2D eigenvalue weighted by atomic mass is 10.0. The van der Waals surface area contributed by atoms with Crippen molar-refractivity contribution in [1.82, 2.24) is 0 Å². The molecule has 0 atom stereocenters. The van der Waals surface area contributed by atoms with Crippen LogP contribution in [0.15, 0.2) is 24.3 Å². The molecule has 0 aliphatic heterocycles. The maximum atomic E-state index is 11.6. The minimum absolute atomic E-state index is 0.269. The summed E-state index contributed by atoms with van der Waals surface area (Å²) in [5.74, 6) is 0.269. The minimum atomic E-state index is 0.269. The Labute approximate surface area is 86.1 Å². The van der Waals surface area contributed by atoms with E-state index in [9.17, 15) is 4.79 Å². The highest BCUT2D eigenvalue weighted by molar-refractivity contribution is 5.96. The van der Waals surface area contributed by atoms with E-state index in [2.05, 4.69) is 13.0 Å². The van der Waals surface area contributed by atoms with Gasteiger partial charge in [0, 0.05) is 12.0 Å². The van der Waals surface area contributed by atoms with Crippen molar-refractivity contribution in [1.29, 1.82) is 0 Å². The maximum Gasteiger partial charge on any atom is 0.162 e. The normalized spacial score (nSPS) is 10.1. The van der Waals surface area contributed by atoms with Crippen LogP contribution in [0.1, 0.15) is 49.0 Å². The summed E-state index contributed by atoms with van der Waals surface area (Å²) < 4.78 is 0. The number of ketones is 1. The summed E-state index contributed by atoms with van der Waals surface area (Å²) >= 11 is 0. The van der Waals surface area contributed by atoms with Gasteiger partial charge in [-0.3, -0.25) is 4.79 Å². The van der Waals surface area contributed by atoms with E-state index in [1.807, 2.05) is 25.1 Å². The predicted molar refractivity (Wildman–Crippen MR) is 59.7 cm³/mol. The molecule has 1 heteroatoms. The average molecular weight is 190 g/mol. The molecule has 0 saturated heterocycles. The zero-order valence-electron chi connectivity index (χ0n) is 9.05. The van der Waals surface area contributed by atoms with E-state index in [4.69, 9.17) is 0 Å². The molecule has 0 aliphatic carbocycles. The van der Waals surface area contributed by atoms with Gasteiger partial charge in [0.15, 0.2) is 5.78 Å². The lowest BCUT2D eigenvalue weighted by Gasteiger charge is -2.02. The van der Waals surface area contributed by atoms with E-state index in [-0.39, 0.29) is 5.78 Å². The molecular formula is C13H18O. The van der Waals surface area contributed by atoms with Crippen molar-refractivity contribution in [3.63, 3.8) is 0 Å². The van der Waals surface area contributed by atoms with E-state index in [1.165, 1.54) is 5.56 Å². The van der Waals surface area contributed by atoms with Crippen LogP contribution < -0.4 is 0 Å². The smallest absolute Gasteiger partial charge is 0.162 e. The Morgan fingerprint density at radius 3 is 2.64 bits per heavy atom. The quantitative estimate of drug-likeness (QED) is 0.648. The number of carbonyl (C=O) groups is 1. The Bertz CT molecular complexity index is 302. The molecule has 0 amide bonds. The molecule has 0 spiro atoms. The third-order valence-corrected chi connectivity index (χ3v) is 2.26. The van der Waals surface area contributed by atoms with Crippen LogP contribution in [0.2, 0.25) is 0 Å². The Kier molecular flexibility index (Phi) is 4.37. The largest absolute Gasteiger partial charge is 0.294 e. The molecule has 0 radical (unpaired) electrons. The van der Waals surface area contributed by atoms with Gasteiger partial charge >= 0.3 is 0 Å². The number of hydrogen-bond donors (Lipinski definition) is 0. The molecule has 0 unspecified atom stereocenters. The first-order chi connectivity index (χ1) is 6.77. The van der Waals surface area contributed by atoms with Crippen LogP contribution in [0.3, 0.4) is 0 Å². The molecule has 0 saturated carbocycles. The van der Waals surface area contributed by atoms with Crippen molar-refractivity contribution < 1.29 is 4.79 Å². The second kappa shape index (κ2) is 5.58. The highest BCUT2D eigenvalue weighted by atomic mass is 16.1. The predicted octanol–water partition coefficient (Wildman–Crippen LogP) is 3.62. The van der Waals surface area contributed by atoms with Crippen molar-refractivity contribution in [2.24, 2.45) is 0 Å². The summed E-state index contributed by atoms with van der Waals surface area (Å²) in [6.45, 7) is 4.19. The Morgan fingerprint density at radius 2 is 2.00 bits per heavy atom. The summed E-state index contributed by atoms with van der Waals surface area (Å²) in [5.41, 5.74) is 2.15. The van der Waals surface area contributed by atoms with E-state index in [0.29, 0.717) is 6.42 Å². The number of Topliss-reactive ketones (excluding diaryl/α,β-unsaturated/α-hetero) is 1. The van der Waals surface area contributed by atoms with E-state index in [0.717, 1.165) is 24.8 Å². The van der Waals surface area contributed by atoms with Gasteiger partial charge < -0.3 is 0 Å². The van der Waals surface area contributed by atoms with Crippen LogP contribution in [-0.2, 0) is 6.42 Å². The Morgan fingerprint density at radius 1 is 1.21 bits per heavy atom. The summed E-state index contributed by atoms with van der Waals surface area (Å²) in [4.78, 5) is 11.6. The van der Waals surface area contributed by atoms with Crippen LogP contribution in [0, 0.1) is 0 Å². The molecule has 0 heterocycles. The van der Waals surface area contributed by atoms with Crippen molar-refractivity contribution in [2.75, 3.05) is 0 Å². The maximum absolute atomic E-state index is 11.6. The Balaban J connectivity index is 2.77. The standard InChI is InChI=1S/C13H18O/c1-3-6-11-8-5-9-12(10-11)13(14)7-4-2/h5,8-10H,3-4,6-7H2,1-2H3. The molecule has 1 aromatic carbocycles. The van der Waals surface area contributed by atoms with Crippen molar-refractivity contribution in [2.45, 2.75) is 39.5 Å². The van der Waals surface area contributed by atoms with Gasteiger partial charge in [-0.2, -0.15) is 0 Å². The molecule has 1 rings (SSSR count). The van der Waals surface area contributed by atoms with Gasteiger partial charge in [0.05, 0.1) is 0 Å². The Hall–Kier alpha value is -1.11. The number of benzene rings is 1. The molecule has 1 aromatic rings. The highest BCUT2D eigenvalue weighted by Gasteiger charge is 2.04. The average Bonchev–Trinajstić information content (AvgIpc) is 2.19. The SMILES string of the molecule is CCCC(=O)c1cccc(CCC)c1. The van der Waals surface area contributed by atoms with Crippen LogP contribution in [0.5, 0.6) is 0 Å². The summed E-state index contributed by atoms with van der Waals surface area (Å²) in [6, 6.07) is 8.01. The first kappa shape index (κ1) is 11.0. The molecule has 76 valence electrons. The molecule has 0 bridgehead atoms. The molecule has 0 aromatic heterocycles. The number of aryl methyl sites for hydroxylation is 1. The van der Waals surface area contributed by atoms with Crippen LogP contribution in [-0.4, -0.2) is 5.78 Å². The summed E-state index contributed by atoms with van der Waals surface area (Å²) in [7, 11) is 0. The van der Waals surface area contributed by atoms with E-state index >= 15 is 0 Å². The van der Waals surface area contributed by atoms with Gasteiger partial charge in [-0.05, 0) is 24.5 Å². The summed E-state index contributed by atoms with van der Waals surface area (Å²) in [5, 5.41) is 0. The van der Waals surface area contributed by atoms with Gasteiger partial charge in [-0.25, -0.2) is 0 Å². The molecule has 1 nitrogen and oxygen atoms in total. The van der Waals surface area contributed by atoms with Gasteiger partial charge in [-0.15, -0.1) is 0 Å². The zero-order chi connectivity index (χ0) is 10.4. The van der Waals surface area contributed by atoms with Gasteiger partial charge in [0.25, 0.3) is 0 Å². The van der Waals surface area contributed by atoms with Crippen molar-refractivity contribution in [3.05, 3.63) is 35.4 Å². The zero-order valence-corrected chi connectivity index (χ0v) is 9.05. The fourth-order valence-electron chi connectivity index (χ4n) is 1.56. The number of carbonyl (C=O) groups excluding carboxylic acids is 1. The fourth-order valence-corrected chi connectivity index (χ4v) is 1.56. The molecular weight excluding hydrogens is 172 g/mol. The van der Waals surface area contributed by atoms with Gasteiger partial charge in [0.2, 0.25) is 0 Å². The minimum Gasteiger partial charge on any atom is -0.294 e. The second-order valence-corrected chi connectivity index (χ2v) is 3.62. The van der Waals surface area contributed by atoms with E-state index in [1.54, 1.807) is 0 Å². The molecule has 14 heavy (non-hydrogen) atoms. The lowest BCUT2D eigenvalue weighted by molar-refractivity contribution is 0.0981. The molecule has 0 aliphatic rings. The summed E-state index contributed by atoms with van der Waals surface area (Å²) in [6.07, 6.45) is 3.78. The second-order valence-electron chi connectivity index (χ2n) is 3.62. The monoisotopic (exact) mass is 190 g/mol. The van der Waals surface area contributed by atoms with Gasteiger partial charge in [0.1, 0.15) is 0 Å². The third kappa shape index (κ3) is 2.99. The lowest BCUT2D eigenvalue weighted by Crippen LogP contribution is -1.98. The highest BCUT2D eigenvalue weighted by Crippen LogP contribution is 2.10. The number of hydrogen-bond acceptors (Lipinski definition) is 1. The fraction of sp³-hybridized carbons (Fsp3) is 0.462.